The molecule has 0 saturated heterocycles. The van der Waals surface area contributed by atoms with Crippen LogP contribution in [0, 0.1) is 17.8 Å². The molecule has 2 heterocycles. The van der Waals surface area contributed by atoms with Crippen LogP contribution in [0.15, 0.2) is 66.7 Å². The summed E-state index contributed by atoms with van der Waals surface area (Å²) in [5.74, 6) is -3.25. The lowest BCUT2D eigenvalue weighted by atomic mass is 9.93. The number of hydrogen-bond donors (Lipinski definition) is 2. The molecule has 5 atom stereocenters. The van der Waals surface area contributed by atoms with Gasteiger partial charge in [0.15, 0.2) is 0 Å². The first-order valence-corrected chi connectivity index (χ1v) is 16.9. The Morgan fingerprint density at radius 2 is 1.78 bits per heavy atom. The summed E-state index contributed by atoms with van der Waals surface area (Å²) >= 11 is 0. The highest BCUT2D eigenvalue weighted by atomic mass is 16.6. The van der Waals surface area contributed by atoms with Crippen molar-refractivity contribution in [2.45, 2.75) is 76.5 Å². The summed E-state index contributed by atoms with van der Waals surface area (Å²) in [5, 5.41) is 13.7. The molecule has 0 radical (unpaired) electrons. The van der Waals surface area contributed by atoms with E-state index in [4.69, 9.17) is 19.2 Å². The Bertz CT molecular complexity index is 1780. The van der Waals surface area contributed by atoms with Crippen molar-refractivity contribution in [3.8, 4) is 22.8 Å². The van der Waals surface area contributed by atoms with Crippen molar-refractivity contribution < 1.29 is 38.5 Å². The number of nitrogens with one attached hydrogen (secondary N) is 1. The van der Waals surface area contributed by atoms with Gasteiger partial charge >= 0.3 is 12.1 Å². The fourth-order valence-electron chi connectivity index (χ4n) is 6.86. The van der Waals surface area contributed by atoms with E-state index in [2.05, 4.69) is 5.32 Å². The second-order valence-electron chi connectivity index (χ2n) is 14.1. The molecular weight excluding hydrogens is 626 g/mol. The van der Waals surface area contributed by atoms with Gasteiger partial charge in [0.2, 0.25) is 11.8 Å². The first kappa shape index (κ1) is 34.0. The molecule has 6 rings (SSSR count). The van der Waals surface area contributed by atoms with Gasteiger partial charge in [-0.2, -0.15) is 0 Å². The van der Waals surface area contributed by atoms with E-state index in [0.29, 0.717) is 42.0 Å². The average Bonchev–Trinajstić information content (AvgIpc) is 3.60. The monoisotopic (exact) mass is 669 g/mol. The van der Waals surface area contributed by atoms with Crippen LogP contribution in [0.4, 0.5) is 4.79 Å². The third-order valence-corrected chi connectivity index (χ3v) is 9.51. The van der Waals surface area contributed by atoms with Crippen LogP contribution in [-0.2, 0) is 19.1 Å². The zero-order valence-electron chi connectivity index (χ0n) is 28.3. The van der Waals surface area contributed by atoms with Crippen LogP contribution < -0.4 is 14.8 Å². The van der Waals surface area contributed by atoms with E-state index < -0.39 is 53.0 Å². The van der Waals surface area contributed by atoms with Crippen molar-refractivity contribution in [2.75, 3.05) is 13.7 Å². The Hall–Kier alpha value is -4.93. The van der Waals surface area contributed by atoms with Gasteiger partial charge in [-0.05, 0) is 71.4 Å². The number of ether oxygens (including phenoxy) is 3. The van der Waals surface area contributed by atoms with Crippen molar-refractivity contribution in [3.63, 3.8) is 0 Å². The van der Waals surface area contributed by atoms with Gasteiger partial charge in [-0.15, -0.1) is 0 Å². The van der Waals surface area contributed by atoms with Crippen molar-refractivity contribution in [1.82, 2.24) is 15.2 Å². The fourth-order valence-corrected chi connectivity index (χ4v) is 6.86. The first-order valence-electron chi connectivity index (χ1n) is 16.9. The predicted octanol–water partition coefficient (Wildman–Crippen LogP) is 6.15. The van der Waals surface area contributed by atoms with E-state index in [1.54, 1.807) is 27.9 Å². The minimum atomic E-state index is -1.43. The summed E-state index contributed by atoms with van der Waals surface area (Å²) in [6.45, 7) is 5.33. The molecule has 258 valence electrons. The maximum absolute atomic E-state index is 14.3. The number of imide groups is 1. The number of pyridine rings is 1. The number of carboxylic acid groups (broad SMARTS) is 1. The highest BCUT2D eigenvalue weighted by molar-refractivity contribution is 5.98. The normalized spacial score (nSPS) is 26.5. The Labute approximate surface area is 285 Å². The number of nitrogens with zero attached hydrogens (tertiary/aromatic N) is 2. The maximum Gasteiger partial charge on any atom is 0.417 e. The molecule has 1 aromatic heterocycles. The van der Waals surface area contributed by atoms with Crippen LogP contribution in [0.1, 0.15) is 59.3 Å². The molecule has 2 saturated carbocycles. The van der Waals surface area contributed by atoms with Gasteiger partial charge in [-0.1, -0.05) is 42.5 Å². The summed E-state index contributed by atoms with van der Waals surface area (Å²) < 4.78 is 17.7. The highest BCUT2D eigenvalue weighted by Crippen LogP contribution is 2.47. The fraction of sp³-hybridized carbons (Fsp3) is 0.447. The SMILES string of the molecule is COc1ccc2c(O[C@@H]3C[C@H]4C(=O)N[C@]5(C(=O)O)C[C@H]5/C=C\CCCCN(C(=O)OC(C)(C)C)C(=O)[C@@H]4C3)cc(-c3ccccc3)nc2c1. The van der Waals surface area contributed by atoms with Gasteiger partial charge in [0.1, 0.15) is 28.7 Å². The molecule has 49 heavy (non-hydrogen) atoms. The number of aliphatic carboxylic acids is 1. The second-order valence-corrected chi connectivity index (χ2v) is 14.1. The van der Waals surface area contributed by atoms with E-state index in [1.807, 2.05) is 66.7 Å². The number of aromatic nitrogens is 1. The summed E-state index contributed by atoms with van der Waals surface area (Å²) in [4.78, 5) is 60.2. The van der Waals surface area contributed by atoms with Gasteiger partial charge in [-0.25, -0.2) is 19.5 Å². The summed E-state index contributed by atoms with van der Waals surface area (Å²) in [6, 6.07) is 17.0. The number of allylic oxidation sites excluding steroid dienone is 1. The molecule has 11 heteroatoms. The molecule has 0 spiro atoms. The number of methoxy groups -OCH3 is 1. The van der Waals surface area contributed by atoms with Crippen LogP contribution in [-0.4, -0.2) is 69.8 Å². The number of carboxylic acids is 1. The first-order chi connectivity index (χ1) is 23.4. The number of carbonyl (C=O) groups excluding carboxylic acids is 3. The predicted molar refractivity (Wildman–Crippen MR) is 182 cm³/mol. The van der Waals surface area contributed by atoms with Crippen LogP contribution in [0.5, 0.6) is 11.5 Å². The Morgan fingerprint density at radius 3 is 2.49 bits per heavy atom. The number of rotatable bonds is 5. The molecule has 3 aliphatic rings. The smallest absolute Gasteiger partial charge is 0.417 e. The van der Waals surface area contributed by atoms with Crippen LogP contribution >= 0.6 is 0 Å². The number of carbonyl (C=O) groups is 4. The molecule has 2 fully saturated rings. The van der Waals surface area contributed by atoms with Crippen molar-refractivity contribution in [2.24, 2.45) is 17.8 Å². The van der Waals surface area contributed by atoms with Crippen LogP contribution in [0.25, 0.3) is 22.2 Å². The number of fused-ring (bicyclic) bond motifs is 3. The average molecular weight is 670 g/mol. The summed E-state index contributed by atoms with van der Waals surface area (Å²) in [7, 11) is 1.58. The van der Waals surface area contributed by atoms with E-state index in [1.165, 1.54) is 0 Å². The molecule has 1 aliphatic heterocycles. The van der Waals surface area contributed by atoms with E-state index in [9.17, 15) is 24.3 Å². The quantitative estimate of drug-likeness (QED) is 0.306. The van der Waals surface area contributed by atoms with Crippen LogP contribution in [0.2, 0.25) is 0 Å². The van der Waals surface area contributed by atoms with Crippen molar-refractivity contribution in [1.29, 1.82) is 0 Å². The van der Waals surface area contributed by atoms with Crippen molar-refractivity contribution >= 4 is 34.8 Å². The van der Waals surface area contributed by atoms with E-state index in [0.717, 1.165) is 15.8 Å². The van der Waals surface area contributed by atoms with E-state index in [-0.39, 0.29) is 31.7 Å². The van der Waals surface area contributed by atoms with Crippen molar-refractivity contribution in [3.05, 3.63) is 66.7 Å². The number of benzene rings is 2. The molecule has 2 N–H and O–H groups in total. The lowest BCUT2D eigenvalue weighted by Crippen LogP contribution is -2.50. The minimum absolute atomic E-state index is 0.137. The molecule has 0 unspecified atom stereocenters. The van der Waals surface area contributed by atoms with Gasteiger partial charge in [0, 0.05) is 35.5 Å². The molecule has 3 aromatic rings. The second kappa shape index (κ2) is 13.5. The molecule has 2 aliphatic carbocycles. The lowest BCUT2D eigenvalue weighted by Gasteiger charge is -2.29. The number of amides is 3. The third-order valence-electron chi connectivity index (χ3n) is 9.51. The summed E-state index contributed by atoms with van der Waals surface area (Å²) in [6.07, 6.45) is 4.80. The Morgan fingerprint density at radius 1 is 1.02 bits per heavy atom. The zero-order valence-corrected chi connectivity index (χ0v) is 28.3. The number of hydrogen-bond acceptors (Lipinski definition) is 8. The molecule has 0 bridgehead atoms. The highest BCUT2D eigenvalue weighted by Gasteiger charge is 2.61. The summed E-state index contributed by atoms with van der Waals surface area (Å²) in [5.41, 5.74) is -0.0676. The van der Waals surface area contributed by atoms with Gasteiger partial charge in [-0.3, -0.25) is 9.59 Å². The maximum atomic E-state index is 14.3. The van der Waals surface area contributed by atoms with Crippen LogP contribution in [0.3, 0.4) is 0 Å². The Kier molecular flexibility index (Phi) is 9.37. The molecule has 2 aromatic carbocycles. The topological polar surface area (TPSA) is 144 Å². The standard InChI is InChI=1S/C38H43N3O8/c1-37(2,3)49-36(46)41-17-11-6-5-10-14-24-22-38(24,35(44)45)40-33(42)28-18-26(19-29(28)34(41)43)48-32-21-30(23-12-8-7-9-13-23)39-31-20-25(47-4)15-16-27(31)32/h7-10,12-16,20-21,24,26,28-29H,5-6,11,17-19,22H2,1-4H3,(H,40,42)(H,44,45)/b14-10-/t24-,26-,28-,29-,38-/m1/s1. The van der Waals surface area contributed by atoms with E-state index >= 15 is 0 Å². The molecular formula is C38H43N3O8. The molecule has 3 amide bonds. The largest absolute Gasteiger partial charge is 0.497 e. The Balaban J connectivity index is 1.36. The molecule has 11 nitrogen and oxygen atoms in total. The van der Waals surface area contributed by atoms with Gasteiger partial charge in [0.25, 0.3) is 0 Å². The minimum Gasteiger partial charge on any atom is -0.497 e. The third kappa shape index (κ3) is 7.25. The van der Waals surface area contributed by atoms with Gasteiger partial charge in [0.05, 0.1) is 30.2 Å². The lowest BCUT2D eigenvalue weighted by molar-refractivity contribution is -0.145. The van der Waals surface area contributed by atoms with Gasteiger partial charge < -0.3 is 24.6 Å². The zero-order chi connectivity index (χ0) is 34.9.